The molecule has 5 nitrogen and oxygen atoms in total. The van der Waals surface area contributed by atoms with Crippen molar-refractivity contribution in [3.8, 4) is 0 Å². The number of piperidine rings is 2. The molecule has 2 aliphatic rings. The third kappa shape index (κ3) is 5.18. The summed E-state index contributed by atoms with van der Waals surface area (Å²) in [6.07, 6.45) is 9.69. The fourth-order valence-corrected chi connectivity index (χ4v) is 3.89. The van der Waals surface area contributed by atoms with Crippen molar-refractivity contribution >= 4 is 23.6 Å². The van der Waals surface area contributed by atoms with E-state index in [1.807, 2.05) is 35.2 Å². The normalized spacial score (nSPS) is 19.7. The molecule has 140 valence electrons. The molecule has 0 radical (unpaired) electrons. The summed E-state index contributed by atoms with van der Waals surface area (Å²) >= 11 is 0. The van der Waals surface area contributed by atoms with E-state index in [1.165, 1.54) is 39.3 Å². The van der Waals surface area contributed by atoms with Gasteiger partial charge < -0.3 is 15.1 Å². The molecule has 1 aromatic rings. The van der Waals surface area contributed by atoms with Gasteiger partial charge in [-0.1, -0.05) is 18.6 Å². The van der Waals surface area contributed by atoms with Crippen LogP contribution in [0.4, 0.5) is 5.69 Å². The molecule has 0 aliphatic carbocycles. The Bertz CT molecular complexity index is 640. The Balaban J connectivity index is 1.47. The highest BCUT2D eigenvalue weighted by Crippen LogP contribution is 2.21. The van der Waals surface area contributed by atoms with Crippen LogP contribution in [0.2, 0.25) is 0 Å². The molecule has 0 unspecified atom stereocenters. The lowest BCUT2D eigenvalue weighted by molar-refractivity contribution is -0.127. The summed E-state index contributed by atoms with van der Waals surface area (Å²) in [6, 6.07) is 8.14. The Morgan fingerprint density at radius 1 is 1.00 bits per heavy atom. The largest absolute Gasteiger partial charge is 0.339 e. The van der Waals surface area contributed by atoms with Gasteiger partial charge >= 0.3 is 0 Å². The van der Waals surface area contributed by atoms with Crippen molar-refractivity contribution in [2.75, 3.05) is 31.5 Å². The maximum absolute atomic E-state index is 12.4. The molecule has 5 heteroatoms. The number of likely N-dealkylation sites (tertiary alicyclic amines) is 2. The highest BCUT2D eigenvalue weighted by Gasteiger charge is 2.26. The number of carbonyl (C=O) groups excluding carboxylic acids is 2. The Labute approximate surface area is 156 Å². The van der Waals surface area contributed by atoms with Crippen LogP contribution in [0, 0.1) is 0 Å². The number of anilines is 1. The van der Waals surface area contributed by atoms with Crippen molar-refractivity contribution in [1.82, 2.24) is 9.80 Å². The van der Waals surface area contributed by atoms with Gasteiger partial charge in [0.1, 0.15) is 0 Å². The number of carbonyl (C=O) groups is 2. The molecule has 3 rings (SSSR count). The van der Waals surface area contributed by atoms with Gasteiger partial charge in [0.05, 0.1) is 0 Å². The van der Waals surface area contributed by atoms with Crippen LogP contribution in [-0.4, -0.2) is 53.8 Å². The first kappa shape index (κ1) is 18.6. The van der Waals surface area contributed by atoms with E-state index in [1.54, 1.807) is 6.08 Å². The number of hydrogen-bond donors (Lipinski definition) is 1. The highest BCUT2D eigenvalue weighted by atomic mass is 16.2. The molecule has 26 heavy (non-hydrogen) atoms. The fraction of sp³-hybridized carbons (Fsp3) is 0.524. The first-order chi connectivity index (χ1) is 12.6. The maximum atomic E-state index is 12.4. The molecule has 2 heterocycles. The van der Waals surface area contributed by atoms with Gasteiger partial charge in [-0.25, -0.2) is 0 Å². The van der Waals surface area contributed by atoms with Gasteiger partial charge in [-0.2, -0.15) is 0 Å². The van der Waals surface area contributed by atoms with Gasteiger partial charge in [0, 0.05) is 37.8 Å². The zero-order chi connectivity index (χ0) is 18.4. The van der Waals surface area contributed by atoms with Gasteiger partial charge in [0.15, 0.2) is 0 Å². The van der Waals surface area contributed by atoms with Gasteiger partial charge in [0.2, 0.25) is 11.8 Å². The SMILES string of the molecule is CC(=O)Nc1ccc(/C=C\C(=O)N2CCC(N3CCCCC3)CC2)cc1. The van der Waals surface area contributed by atoms with Crippen LogP contribution in [0.3, 0.4) is 0 Å². The average Bonchev–Trinajstić information content (AvgIpc) is 2.67. The second kappa shape index (κ2) is 8.99. The van der Waals surface area contributed by atoms with E-state index in [9.17, 15) is 9.59 Å². The Kier molecular flexibility index (Phi) is 6.45. The van der Waals surface area contributed by atoms with E-state index in [0.29, 0.717) is 6.04 Å². The predicted octanol–water partition coefficient (Wildman–Crippen LogP) is 3.14. The minimum Gasteiger partial charge on any atom is -0.339 e. The quantitative estimate of drug-likeness (QED) is 0.844. The van der Waals surface area contributed by atoms with Crippen molar-refractivity contribution in [2.24, 2.45) is 0 Å². The van der Waals surface area contributed by atoms with Crippen LogP contribution < -0.4 is 5.32 Å². The monoisotopic (exact) mass is 355 g/mol. The number of benzene rings is 1. The third-order valence-electron chi connectivity index (χ3n) is 5.33. The van der Waals surface area contributed by atoms with Crippen molar-refractivity contribution in [3.05, 3.63) is 35.9 Å². The molecule has 2 amide bonds. The summed E-state index contributed by atoms with van der Waals surface area (Å²) in [5.74, 6) is 0.00413. The van der Waals surface area contributed by atoms with Crippen LogP contribution >= 0.6 is 0 Å². The van der Waals surface area contributed by atoms with Crippen molar-refractivity contribution < 1.29 is 9.59 Å². The number of nitrogens with zero attached hydrogens (tertiary/aromatic N) is 2. The zero-order valence-corrected chi connectivity index (χ0v) is 15.6. The van der Waals surface area contributed by atoms with Crippen LogP contribution in [0.15, 0.2) is 30.3 Å². The molecular formula is C21H29N3O2. The molecule has 0 bridgehead atoms. The molecular weight excluding hydrogens is 326 g/mol. The van der Waals surface area contributed by atoms with E-state index in [4.69, 9.17) is 0 Å². The molecule has 1 N–H and O–H groups in total. The van der Waals surface area contributed by atoms with Gasteiger partial charge in [-0.05, 0) is 62.5 Å². The molecule has 0 spiro atoms. The van der Waals surface area contributed by atoms with Crippen molar-refractivity contribution in [3.63, 3.8) is 0 Å². The van der Waals surface area contributed by atoms with Gasteiger partial charge in [-0.15, -0.1) is 0 Å². The van der Waals surface area contributed by atoms with E-state index >= 15 is 0 Å². The Morgan fingerprint density at radius 2 is 1.65 bits per heavy atom. The first-order valence-corrected chi connectivity index (χ1v) is 9.70. The molecule has 0 aromatic heterocycles. The summed E-state index contributed by atoms with van der Waals surface area (Å²) in [5, 5.41) is 2.74. The summed E-state index contributed by atoms with van der Waals surface area (Å²) < 4.78 is 0. The van der Waals surface area contributed by atoms with Crippen molar-refractivity contribution in [2.45, 2.75) is 45.1 Å². The van der Waals surface area contributed by atoms with Gasteiger partial charge in [0.25, 0.3) is 0 Å². The summed E-state index contributed by atoms with van der Waals surface area (Å²) in [5.41, 5.74) is 1.72. The molecule has 0 saturated carbocycles. The number of hydrogen-bond acceptors (Lipinski definition) is 3. The van der Waals surface area contributed by atoms with Crippen LogP contribution in [0.25, 0.3) is 6.08 Å². The summed E-state index contributed by atoms with van der Waals surface area (Å²) in [4.78, 5) is 28.1. The average molecular weight is 355 g/mol. The summed E-state index contributed by atoms with van der Waals surface area (Å²) in [6.45, 7) is 5.65. The van der Waals surface area contributed by atoms with Gasteiger partial charge in [-0.3, -0.25) is 9.59 Å². The zero-order valence-electron chi connectivity index (χ0n) is 15.6. The maximum Gasteiger partial charge on any atom is 0.246 e. The highest BCUT2D eigenvalue weighted by molar-refractivity contribution is 5.92. The van der Waals surface area contributed by atoms with Crippen LogP contribution in [0.1, 0.15) is 44.6 Å². The van der Waals surface area contributed by atoms with Crippen LogP contribution in [0.5, 0.6) is 0 Å². The van der Waals surface area contributed by atoms with E-state index in [0.717, 1.165) is 37.2 Å². The second-order valence-corrected chi connectivity index (χ2v) is 7.29. The molecule has 2 aliphatic heterocycles. The summed E-state index contributed by atoms with van der Waals surface area (Å²) in [7, 11) is 0. The van der Waals surface area contributed by atoms with Crippen LogP contribution in [-0.2, 0) is 9.59 Å². The molecule has 2 saturated heterocycles. The Hall–Kier alpha value is -2.14. The lowest BCUT2D eigenvalue weighted by Crippen LogP contribution is -2.47. The number of rotatable bonds is 4. The standard InChI is InChI=1S/C21H29N3O2/c1-17(25)22-19-8-5-18(6-9-19)7-10-21(26)24-15-11-20(12-16-24)23-13-3-2-4-14-23/h5-10,20H,2-4,11-16H2,1H3,(H,22,25)/b10-7-. The number of amides is 2. The minimum atomic E-state index is -0.0866. The predicted molar refractivity (Wildman–Crippen MR) is 105 cm³/mol. The van der Waals surface area contributed by atoms with E-state index in [2.05, 4.69) is 10.2 Å². The van der Waals surface area contributed by atoms with E-state index in [-0.39, 0.29) is 11.8 Å². The fourth-order valence-electron chi connectivity index (χ4n) is 3.89. The lowest BCUT2D eigenvalue weighted by Gasteiger charge is -2.40. The van der Waals surface area contributed by atoms with Crippen molar-refractivity contribution in [1.29, 1.82) is 0 Å². The first-order valence-electron chi connectivity index (χ1n) is 9.70. The lowest BCUT2D eigenvalue weighted by atomic mass is 10.00. The topological polar surface area (TPSA) is 52.7 Å². The molecule has 2 fully saturated rings. The second-order valence-electron chi connectivity index (χ2n) is 7.29. The smallest absolute Gasteiger partial charge is 0.246 e. The molecule has 0 atom stereocenters. The third-order valence-corrected chi connectivity index (χ3v) is 5.33. The Morgan fingerprint density at radius 3 is 2.27 bits per heavy atom. The number of nitrogens with one attached hydrogen (secondary N) is 1. The molecule has 1 aromatic carbocycles. The van der Waals surface area contributed by atoms with E-state index < -0.39 is 0 Å². The minimum absolute atomic E-state index is 0.0866.